The van der Waals surface area contributed by atoms with Gasteiger partial charge in [-0.25, -0.2) is 14.4 Å². The quantitative estimate of drug-likeness (QED) is 0.272. The number of rotatable bonds is 0. The Kier molecular flexibility index (Phi) is 6.75. The molecule has 5 aliphatic rings. The van der Waals surface area contributed by atoms with Crippen LogP contribution in [0.5, 0.6) is 0 Å². The van der Waals surface area contributed by atoms with Gasteiger partial charge in [0.25, 0.3) is 0 Å². The zero-order valence-electron chi connectivity index (χ0n) is 21.5. The Labute approximate surface area is 215 Å². The van der Waals surface area contributed by atoms with Crippen LogP contribution in [-0.4, -0.2) is 84.1 Å². The highest BCUT2D eigenvalue weighted by atomic mass is 16.6. The molecule has 0 amide bonds. The molecule has 4 fully saturated rings. The van der Waals surface area contributed by atoms with E-state index >= 15 is 0 Å². The number of allylic oxidation sites excluding steroid dienone is 2. The summed E-state index contributed by atoms with van der Waals surface area (Å²) >= 11 is 0. The van der Waals surface area contributed by atoms with E-state index in [1.807, 2.05) is 13.8 Å². The van der Waals surface area contributed by atoms with Crippen LogP contribution in [0.4, 0.5) is 0 Å². The minimum Gasteiger partial charge on any atom is -0.463 e. The van der Waals surface area contributed by atoms with E-state index in [2.05, 4.69) is 0 Å². The molecule has 0 aromatic heterocycles. The van der Waals surface area contributed by atoms with Crippen LogP contribution < -0.4 is 0 Å². The number of aliphatic hydroxyl groups excluding tert-OH is 2. The molecule has 0 aromatic rings. The van der Waals surface area contributed by atoms with Crippen molar-refractivity contribution in [2.45, 2.75) is 82.6 Å². The maximum absolute atomic E-state index is 13.0. The summed E-state index contributed by atoms with van der Waals surface area (Å²) < 4.78 is 29.5. The van der Waals surface area contributed by atoms with E-state index in [4.69, 9.17) is 23.7 Å². The van der Waals surface area contributed by atoms with Gasteiger partial charge in [0.05, 0.1) is 36.9 Å². The van der Waals surface area contributed by atoms with Gasteiger partial charge >= 0.3 is 17.9 Å². The summed E-state index contributed by atoms with van der Waals surface area (Å²) in [5.41, 5.74) is -2.45. The first kappa shape index (κ1) is 26.3. The summed E-state index contributed by atoms with van der Waals surface area (Å²) in [6.07, 6.45) is 3.32. The lowest BCUT2D eigenvalue weighted by molar-refractivity contribution is -0.269. The Morgan fingerprint density at radius 2 is 1.59 bits per heavy atom. The molecule has 10 heteroatoms. The molecule has 0 radical (unpaired) electrons. The molecule has 2 N–H and O–H groups in total. The first-order chi connectivity index (χ1) is 17.5. The second-order valence-electron chi connectivity index (χ2n) is 11.5. The zero-order chi connectivity index (χ0) is 26.6. The van der Waals surface area contributed by atoms with Crippen molar-refractivity contribution >= 4 is 17.9 Å². The topological polar surface area (TPSA) is 141 Å². The lowest BCUT2D eigenvalue weighted by Gasteiger charge is -2.60. The van der Waals surface area contributed by atoms with E-state index in [-0.39, 0.29) is 44.2 Å². The predicted octanol–water partition coefficient (Wildman–Crippen LogP) is 1.22. The highest BCUT2D eigenvalue weighted by Gasteiger charge is 2.83. The van der Waals surface area contributed by atoms with Crippen LogP contribution in [-0.2, 0) is 38.1 Å². The van der Waals surface area contributed by atoms with Crippen molar-refractivity contribution in [2.75, 3.05) is 19.8 Å². The summed E-state index contributed by atoms with van der Waals surface area (Å²) in [4.78, 5) is 37.7. The van der Waals surface area contributed by atoms with Crippen molar-refractivity contribution in [2.24, 2.45) is 22.7 Å². The highest BCUT2D eigenvalue weighted by Crippen LogP contribution is 2.72. The molecule has 2 spiro atoms. The van der Waals surface area contributed by atoms with E-state index in [9.17, 15) is 24.6 Å². The number of hydrogen-bond acceptors (Lipinski definition) is 10. The normalized spacial score (nSPS) is 50.1. The number of aliphatic hydroxyl groups is 2. The van der Waals surface area contributed by atoms with Gasteiger partial charge < -0.3 is 33.9 Å². The fourth-order valence-electron chi connectivity index (χ4n) is 7.04. The summed E-state index contributed by atoms with van der Waals surface area (Å²) in [5, 5.41) is 21.7. The van der Waals surface area contributed by atoms with Crippen LogP contribution in [0.3, 0.4) is 0 Å². The fraction of sp³-hybridized carbons (Fsp3) is 0.741. The largest absolute Gasteiger partial charge is 0.463 e. The van der Waals surface area contributed by atoms with Gasteiger partial charge in [-0.3, -0.25) is 0 Å². The molecule has 3 heterocycles. The van der Waals surface area contributed by atoms with Crippen molar-refractivity contribution in [1.82, 2.24) is 0 Å². The number of esters is 3. The van der Waals surface area contributed by atoms with Gasteiger partial charge in [0.2, 0.25) is 0 Å². The molecule has 2 saturated carbocycles. The van der Waals surface area contributed by atoms with Crippen LogP contribution in [0.2, 0.25) is 0 Å². The van der Waals surface area contributed by atoms with Gasteiger partial charge in [0, 0.05) is 24.0 Å². The van der Waals surface area contributed by atoms with Crippen molar-refractivity contribution < 1.29 is 48.3 Å². The first-order valence-corrected chi connectivity index (χ1v) is 13.1. The van der Waals surface area contributed by atoms with Crippen molar-refractivity contribution in [1.29, 1.82) is 0 Å². The molecule has 37 heavy (non-hydrogen) atoms. The first-order valence-electron chi connectivity index (χ1n) is 13.1. The van der Waals surface area contributed by atoms with Crippen LogP contribution in [0.25, 0.3) is 0 Å². The molecular formula is C27H36O10. The monoisotopic (exact) mass is 520 g/mol. The van der Waals surface area contributed by atoms with Crippen molar-refractivity contribution in [3.63, 3.8) is 0 Å². The fourth-order valence-corrected chi connectivity index (χ4v) is 7.04. The van der Waals surface area contributed by atoms with Crippen LogP contribution in [0, 0.1) is 22.7 Å². The predicted molar refractivity (Wildman–Crippen MR) is 127 cm³/mol. The van der Waals surface area contributed by atoms with E-state index < -0.39 is 58.6 Å². The van der Waals surface area contributed by atoms with E-state index in [0.29, 0.717) is 19.4 Å². The van der Waals surface area contributed by atoms with Crippen molar-refractivity contribution in [3.8, 4) is 0 Å². The molecule has 2 aliphatic carbocycles. The van der Waals surface area contributed by atoms with Gasteiger partial charge in [0.15, 0.2) is 6.10 Å². The third-order valence-electron chi connectivity index (χ3n) is 9.63. The number of carbonyl (C=O) groups is 3. The third kappa shape index (κ3) is 4.13. The molecule has 2 bridgehead atoms. The number of cyclic esters (lactones) is 2. The molecule has 3 unspecified atom stereocenters. The Hall–Kier alpha value is -2.27. The Bertz CT molecular complexity index is 1000. The van der Waals surface area contributed by atoms with Crippen LogP contribution in [0.15, 0.2) is 24.3 Å². The minimum absolute atomic E-state index is 0.00532. The molecule has 5 rings (SSSR count). The molecule has 0 aromatic carbocycles. The number of epoxide rings is 1. The molecule has 3 aliphatic heterocycles. The molecule has 10 nitrogen and oxygen atoms in total. The van der Waals surface area contributed by atoms with Gasteiger partial charge in [-0.05, 0) is 31.1 Å². The Morgan fingerprint density at radius 3 is 2.30 bits per heavy atom. The van der Waals surface area contributed by atoms with Crippen LogP contribution in [0.1, 0.15) is 46.5 Å². The maximum Gasteiger partial charge on any atom is 0.335 e. The van der Waals surface area contributed by atoms with Crippen LogP contribution >= 0.6 is 0 Å². The van der Waals surface area contributed by atoms with Gasteiger partial charge in [0.1, 0.15) is 18.3 Å². The molecule has 10 atom stereocenters. The number of ether oxygens (including phenoxy) is 5. The summed E-state index contributed by atoms with van der Waals surface area (Å²) in [6, 6.07) is 0. The van der Waals surface area contributed by atoms with E-state index in [0.717, 1.165) is 0 Å². The molecule has 204 valence electrons. The van der Waals surface area contributed by atoms with Crippen molar-refractivity contribution in [3.05, 3.63) is 24.3 Å². The van der Waals surface area contributed by atoms with E-state index in [1.54, 1.807) is 6.92 Å². The standard InChI is InChI=1S/C27H36O10/c1-15-8-9-33-21(29)6-4-5-7-22(30)37-18-11-20-27(14-35-27)25(18,3)26(13-34-24(32)23(15)31)12-17(28)16(2)10-19(26)36-20/h4-7,15-20,23,28,31H,8-14H2,1-3H3/b6-4+,7-5-/t15?,16-,17-,18-,19-,20-,23?,25-,26-,27?/m1/s1. The summed E-state index contributed by atoms with van der Waals surface area (Å²) in [6.45, 7) is 5.92. The highest BCUT2D eigenvalue weighted by molar-refractivity contribution is 5.84. The minimum atomic E-state index is -1.42. The van der Waals surface area contributed by atoms with Gasteiger partial charge in [-0.2, -0.15) is 0 Å². The summed E-state index contributed by atoms with van der Waals surface area (Å²) in [7, 11) is 0. The third-order valence-corrected chi connectivity index (χ3v) is 9.63. The molecular weight excluding hydrogens is 484 g/mol. The lowest BCUT2D eigenvalue weighted by atomic mass is 9.49. The summed E-state index contributed by atoms with van der Waals surface area (Å²) in [5.74, 6) is -2.54. The average molecular weight is 521 g/mol. The average Bonchev–Trinajstić information content (AvgIpc) is 3.63. The number of hydrogen-bond donors (Lipinski definition) is 2. The smallest absolute Gasteiger partial charge is 0.335 e. The van der Waals surface area contributed by atoms with Gasteiger partial charge in [-0.15, -0.1) is 0 Å². The second kappa shape index (κ2) is 9.48. The zero-order valence-corrected chi connectivity index (χ0v) is 21.5. The maximum atomic E-state index is 13.0. The van der Waals surface area contributed by atoms with E-state index in [1.165, 1.54) is 24.3 Å². The Morgan fingerprint density at radius 1 is 0.892 bits per heavy atom. The van der Waals surface area contributed by atoms with Gasteiger partial charge in [-0.1, -0.05) is 32.9 Å². The Balaban J connectivity index is 1.53. The lowest BCUT2D eigenvalue weighted by Crippen LogP contribution is -2.69. The molecule has 2 saturated heterocycles. The SMILES string of the molecule is CC1CCOC(=O)/C=C/C=C\C(=O)O[C@@H]2C[C@H]3O[C@@H]4C[C@@H](C)[C@H](O)C[C@]4(COC(=O)C1O)[C@]2(C)C31CO1. The second-order valence-corrected chi connectivity index (χ2v) is 11.5. The number of carbonyl (C=O) groups excluding carboxylic acids is 3.